The van der Waals surface area contributed by atoms with Crippen molar-refractivity contribution in [1.29, 1.82) is 0 Å². The second-order valence-corrected chi connectivity index (χ2v) is 6.85. The lowest BCUT2D eigenvalue weighted by Crippen LogP contribution is -2.47. The number of nitrogens with two attached hydrogens (primary N) is 1. The van der Waals surface area contributed by atoms with E-state index >= 15 is 0 Å². The van der Waals surface area contributed by atoms with Gasteiger partial charge in [-0.15, -0.1) is 0 Å². The number of nitrogens with zero attached hydrogens (tertiary/aromatic N) is 4. The third kappa shape index (κ3) is 3.99. The minimum atomic E-state index is -0.440. The van der Waals surface area contributed by atoms with E-state index in [0.717, 1.165) is 54.7 Å². The van der Waals surface area contributed by atoms with Crippen molar-refractivity contribution in [2.24, 2.45) is 5.73 Å². The van der Waals surface area contributed by atoms with Crippen LogP contribution in [0.3, 0.4) is 0 Å². The summed E-state index contributed by atoms with van der Waals surface area (Å²) < 4.78 is 5.49. The molecular formula is C22H23N5O2. The molecule has 2 heterocycles. The minimum absolute atomic E-state index is 0.440. The van der Waals surface area contributed by atoms with Gasteiger partial charge in [-0.25, -0.2) is 4.98 Å². The summed E-state index contributed by atoms with van der Waals surface area (Å²) in [6, 6.07) is 15.2. The van der Waals surface area contributed by atoms with Gasteiger partial charge in [-0.1, -0.05) is 24.3 Å². The molecule has 0 radical (unpaired) electrons. The van der Waals surface area contributed by atoms with Crippen molar-refractivity contribution in [2.75, 3.05) is 43.1 Å². The fraction of sp³-hybridized carbons (Fsp3) is 0.227. The van der Waals surface area contributed by atoms with Gasteiger partial charge in [0.05, 0.1) is 30.9 Å². The molecule has 0 unspecified atom stereocenters. The number of amides is 1. The smallest absolute Gasteiger partial charge is 0.248 e. The topological polar surface area (TPSA) is 84.6 Å². The van der Waals surface area contributed by atoms with Crippen LogP contribution in [0, 0.1) is 0 Å². The highest BCUT2D eigenvalue weighted by molar-refractivity contribution is 5.93. The van der Waals surface area contributed by atoms with E-state index in [9.17, 15) is 4.79 Å². The molecule has 0 spiro atoms. The van der Waals surface area contributed by atoms with Crippen LogP contribution < -0.4 is 20.3 Å². The summed E-state index contributed by atoms with van der Waals surface area (Å²) in [7, 11) is 1.70. The Morgan fingerprint density at radius 3 is 2.34 bits per heavy atom. The Balaban J connectivity index is 1.48. The molecule has 1 aromatic heterocycles. The maximum atomic E-state index is 11.3. The number of rotatable bonds is 5. The van der Waals surface area contributed by atoms with Gasteiger partial charge >= 0.3 is 0 Å². The first-order valence-corrected chi connectivity index (χ1v) is 9.51. The lowest BCUT2D eigenvalue weighted by Gasteiger charge is -2.37. The van der Waals surface area contributed by atoms with Crippen molar-refractivity contribution in [3.8, 4) is 17.0 Å². The van der Waals surface area contributed by atoms with E-state index in [1.165, 1.54) is 0 Å². The number of carbonyl (C=O) groups is 1. The molecule has 29 heavy (non-hydrogen) atoms. The zero-order valence-corrected chi connectivity index (χ0v) is 16.3. The number of ether oxygens (including phenoxy) is 1. The summed E-state index contributed by atoms with van der Waals surface area (Å²) >= 11 is 0. The van der Waals surface area contributed by atoms with Crippen LogP contribution in [0.2, 0.25) is 0 Å². The van der Waals surface area contributed by atoms with Crippen LogP contribution in [0.5, 0.6) is 5.75 Å². The predicted octanol–water partition coefficient (Wildman–Crippen LogP) is 2.58. The number of primary amides is 1. The van der Waals surface area contributed by atoms with Gasteiger partial charge < -0.3 is 20.3 Å². The van der Waals surface area contributed by atoms with Crippen LogP contribution in [-0.2, 0) is 0 Å². The molecule has 1 aliphatic rings. The summed E-state index contributed by atoms with van der Waals surface area (Å²) in [5.74, 6) is 1.30. The van der Waals surface area contributed by atoms with Crippen molar-refractivity contribution >= 4 is 17.4 Å². The quantitative estimate of drug-likeness (QED) is 0.722. The Hall–Kier alpha value is -3.61. The Morgan fingerprint density at radius 2 is 1.66 bits per heavy atom. The Kier molecular flexibility index (Phi) is 5.29. The molecule has 1 amide bonds. The molecule has 1 fully saturated rings. The van der Waals surface area contributed by atoms with Crippen molar-refractivity contribution < 1.29 is 9.53 Å². The van der Waals surface area contributed by atoms with E-state index < -0.39 is 5.91 Å². The minimum Gasteiger partial charge on any atom is -0.495 e. The van der Waals surface area contributed by atoms with Crippen LogP contribution in [0.15, 0.2) is 60.9 Å². The van der Waals surface area contributed by atoms with E-state index in [2.05, 4.69) is 20.9 Å². The molecule has 1 aliphatic heterocycles. The first kappa shape index (κ1) is 18.7. The Bertz CT molecular complexity index is 998. The number of anilines is 2. The first-order chi connectivity index (χ1) is 14.2. The predicted molar refractivity (Wildman–Crippen MR) is 113 cm³/mol. The van der Waals surface area contributed by atoms with Crippen LogP contribution >= 0.6 is 0 Å². The zero-order chi connectivity index (χ0) is 20.2. The molecular weight excluding hydrogens is 366 g/mol. The maximum absolute atomic E-state index is 11.3. The third-order valence-electron chi connectivity index (χ3n) is 5.12. The fourth-order valence-corrected chi connectivity index (χ4v) is 3.52. The average Bonchev–Trinajstić information content (AvgIpc) is 2.79. The summed E-state index contributed by atoms with van der Waals surface area (Å²) in [4.78, 5) is 25.0. The third-order valence-corrected chi connectivity index (χ3v) is 5.12. The van der Waals surface area contributed by atoms with Gasteiger partial charge in [-0.3, -0.25) is 9.78 Å². The summed E-state index contributed by atoms with van der Waals surface area (Å²) in [6.45, 7) is 3.44. The SMILES string of the molecule is COc1ccccc1N1CCN(c2cncc(-c3ccc(C(N)=O)cc3)n2)CC1. The molecule has 0 bridgehead atoms. The van der Waals surface area contributed by atoms with Crippen molar-refractivity contribution in [1.82, 2.24) is 9.97 Å². The van der Waals surface area contributed by atoms with E-state index in [0.29, 0.717) is 5.56 Å². The summed E-state index contributed by atoms with van der Waals surface area (Å²) in [6.07, 6.45) is 3.52. The number of carbonyl (C=O) groups excluding carboxylic acids is 1. The number of para-hydroxylation sites is 2. The second-order valence-electron chi connectivity index (χ2n) is 6.85. The lowest BCUT2D eigenvalue weighted by atomic mass is 10.1. The molecule has 0 saturated carbocycles. The first-order valence-electron chi connectivity index (χ1n) is 9.51. The van der Waals surface area contributed by atoms with Crippen LogP contribution in [-0.4, -0.2) is 49.2 Å². The maximum Gasteiger partial charge on any atom is 0.248 e. The lowest BCUT2D eigenvalue weighted by molar-refractivity contribution is 0.100. The number of hydrogen-bond acceptors (Lipinski definition) is 6. The average molecular weight is 389 g/mol. The molecule has 0 atom stereocenters. The standard InChI is InChI=1S/C22H23N5O2/c1-29-20-5-3-2-4-19(20)26-10-12-27(13-11-26)21-15-24-14-18(25-21)16-6-8-17(9-7-16)22(23)28/h2-9,14-15H,10-13H2,1H3,(H2,23,28). The van der Waals surface area contributed by atoms with Gasteiger partial charge in [-0.2, -0.15) is 0 Å². The molecule has 148 valence electrons. The molecule has 4 rings (SSSR count). The summed E-state index contributed by atoms with van der Waals surface area (Å²) in [5.41, 5.74) is 8.57. The number of hydrogen-bond donors (Lipinski definition) is 1. The largest absolute Gasteiger partial charge is 0.495 e. The zero-order valence-electron chi connectivity index (χ0n) is 16.3. The highest BCUT2D eigenvalue weighted by Gasteiger charge is 2.21. The second kappa shape index (κ2) is 8.18. The van der Waals surface area contributed by atoms with Gasteiger partial charge in [0.15, 0.2) is 0 Å². The van der Waals surface area contributed by atoms with E-state index in [4.69, 9.17) is 15.5 Å². The van der Waals surface area contributed by atoms with Gasteiger partial charge in [0.1, 0.15) is 11.6 Å². The number of benzene rings is 2. The molecule has 0 aliphatic carbocycles. The number of methoxy groups -OCH3 is 1. The molecule has 2 aromatic carbocycles. The van der Waals surface area contributed by atoms with E-state index in [1.54, 1.807) is 31.6 Å². The fourth-order valence-electron chi connectivity index (χ4n) is 3.52. The van der Waals surface area contributed by atoms with Gasteiger partial charge in [0, 0.05) is 37.3 Å². The molecule has 1 saturated heterocycles. The van der Waals surface area contributed by atoms with E-state index in [-0.39, 0.29) is 0 Å². The highest BCUT2D eigenvalue weighted by atomic mass is 16.5. The van der Waals surface area contributed by atoms with Crippen molar-refractivity contribution in [2.45, 2.75) is 0 Å². The number of piperazine rings is 1. The van der Waals surface area contributed by atoms with Gasteiger partial charge in [0.2, 0.25) is 5.91 Å². The summed E-state index contributed by atoms with van der Waals surface area (Å²) in [5, 5.41) is 0. The monoisotopic (exact) mass is 389 g/mol. The van der Waals surface area contributed by atoms with Crippen LogP contribution in [0.1, 0.15) is 10.4 Å². The molecule has 2 N–H and O–H groups in total. The highest BCUT2D eigenvalue weighted by Crippen LogP contribution is 2.29. The molecule has 7 heteroatoms. The van der Waals surface area contributed by atoms with Gasteiger partial charge in [0.25, 0.3) is 0 Å². The van der Waals surface area contributed by atoms with Crippen molar-refractivity contribution in [3.05, 3.63) is 66.5 Å². The number of aromatic nitrogens is 2. The Morgan fingerprint density at radius 1 is 0.966 bits per heavy atom. The van der Waals surface area contributed by atoms with E-state index in [1.807, 2.05) is 30.3 Å². The normalized spacial score (nSPS) is 14.0. The van der Waals surface area contributed by atoms with Crippen LogP contribution in [0.4, 0.5) is 11.5 Å². The molecule has 7 nitrogen and oxygen atoms in total. The Labute approximate surface area is 169 Å². The molecule has 3 aromatic rings. The van der Waals surface area contributed by atoms with Crippen LogP contribution in [0.25, 0.3) is 11.3 Å². The van der Waals surface area contributed by atoms with Crippen molar-refractivity contribution in [3.63, 3.8) is 0 Å². The van der Waals surface area contributed by atoms with Gasteiger partial charge in [-0.05, 0) is 24.3 Å².